The van der Waals surface area contributed by atoms with Crippen molar-refractivity contribution in [3.05, 3.63) is 53.8 Å². The van der Waals surface area contributed by atoms with Crippen LogP contribution in [-0.2, 0) is 19.9 Å². The Bertz CT molecular complexity index is 1220. The van der Waals surface area contributed by atoms with Crippen molar-refractivity contribution in [3.8, 4) is 11.5 Å². The highest BCUT2D eigenvalue weighted by atomic mass is 19.1. The minimum Gasteiger partial charge on any atom is -0.465 e. The van der Waals surface area contributed by atoms with Gasteiger partial charge in [0.25, 0.3) is 5.91 Å². The van der Waals surface area contributed by atoms with Gasteiger partial charge in [0.05, 0.1) is 0 Å². The number of rotatable bonds is 5. The maximum absolute atomic E-state index is 13.6. The Balaban J connectivity index is 2.36. The Labute approximate surface area is 198 Å². The number of nitrogens with one attached hydrogen (secondary N) is 1. The van der Waals surface area contributed by atoms with E-state index >= 15 is 0 Å². The van der Waals surface area contributed by atoms with Crippen molar-refractivity contribution in [3.63, 3.8) is 0 Å². The summed E-state index contributed by atoms with van der Waals surface area (Å²) in [6, 6.07) is 7.38. The zero-order valence-electron chi connectivity index (χ0n) is 18.8. The van der Waals surface area contributed by atoms with Gasteiger partial charge in [-0.1, -0.05) is 12.1 Å². The van der Waals surface area contributed by atoms with Crippen LogP contribution >= 0.6 is 0 Å². The molecule has 1 saturated heterocycles. The van der Waals surface area contributed by atoms with Gasteiger partial charge in [-0.15, -0.1) is 0 Å². The predicted molar refractivity (Wildman–Crippen MR) is 117 cm³/mol. The summed E-state index contributed by atoms with van der Waals surface area (Å²) in [5.74, 6) is -4.16. The Kier molecular flexibility index (Phi) is 6.73. The summed E-state index contributed by atoms with van der Waals surface area (Å²) in [4.78, 5) is 63.5. The van der Waals surface area contributed by atoms with E-state index in [1.807, 2.05) is 0 Å². The first kappa shape index (κ1) is 25.1. The molecule has 2 aromatic rings. The molecule has 0 saturated carbocycles. The summed E-state index contributed by atoms with van der Waals surface area (Å²) in [6.07, 6.45) is -3.47. The Hall–Kier alpha value is -4.52. The maximum atomic E-state index is 13.6. The van der Waals surface area contributed by atoms with E-state index in [0.717, 1.165) is 37.9 Å². The topological polar surface area (TPSA) is 169 Å². The molecule has 0 aliphatic carbocycles. The van der Waals surface area contributed by atoms with Gasteiger partial charge in [0.1, 0.15) is 12.0 Å². The zero-order valence-corrected chi connectivity index (χ0v) is 18.8. The minimum absolute atomic E-state index is 0.0463. The molecule has 3 rings (SSSR count). The van der Waals surface area contributed by atoms with Gasteiger partial charge in [-0.25, -0.2) is 14.0 Å². The van der Waals surface area contributed by atoms with Crippen LogP contribution in [0.3, 0.4) is 0 Å². The van der Waals surface area contributed by atoms with Crippen LogP contribution in [0, 0.1) is 5.82 Å². The van der Waals surface area contributed by atoms with Gasteiger partial charge in [0.2, 0.25) is 0 Å². The second-order valence-electron chi connectivity index (χ2n) is 7.50. The van der Waals surface area contributed by atoms with Gasteiger partial charge in [-0.2, -0.15) is 0 Å². The summed E-state index contributed by atoms with van der Waals surface area (Å²) >= 11 is 0. The number of urea groups is 1. The molecule has 1 heterocycles. The number of hydrogen-bond donors (Lipinski definition) is 3. The molecule has 2 atom stereocenters. The SMILES string of the molecule is CC(=O)Oc1cccc(C2(NC(=O)O)C(=O)N(C)C(=O)N(c3ccc(F)cc3)C2N)c1OC(C)=O. The average molecular weight is 488 g/mol. The number of imide groups is 1. The first-order chi connectivity index (χ1) is 16.4. The summed E-state index contributed by atoms with van der Waals surface area (Å²) in [5.41, 5.74) is 3.68. The van der Waals surface area contributed by atoms with E-state index in [1.165, 1.54) is 30.3 Å². The quantitative estimate of drug-likeness (QED) is 0.417. The summed E-state index contributed by atoms with van der Waals surface area (Å²) in [5, 5.41) is 11.7. The standard InChI is InChI=1S/C22H21FN4O8/c1-11(28)34-16-6-4-5-15(17(16)35-12(2)29)22(25-20(31)32)18(24)27(21(33)26(3)19(22)30)14-9-7-13(23)8-10-14/h4-10,18,25H,24H2,1-3H3,(H,31,32). The third kappa shape index (κ3) is 4.48. The van der Waals surface area contributed by atoms with Crippen LogP contribution in [0.25, 0.3) is 0 Å². The summed E-state index contributed by atoms with van der Waals surface area (Å²) in [6.45, 7) is 2.12. The van der Waals surface area contributed by atoms with Crippen LogP contribution in [0.2, 0.25) is 0 Å². The largest absolute Gasteiger partial charge is 0.465 e. The van der Waals surface area contributed by atoms with Crippen LogP contribution < -0.4 is 25.4 Å². The number of carbonyl (C=O) groups excluding carboxylic acids is 4. The molecule has 184 valence electrons. The molecule has 0 radical (unpaired) electrons. The van der Waals surface area contributed by atoms with Crippen molar-refractivity contribution in [2.45, 2.75) is 25.6 Å². The lowest BCUT2D eigenvalue weighted by molar-refractivity contribution is -0.138. The average Bonchev–Trinajstić information content (AvgIpc) is 2.77. The number of halogens is 1. The number of nitrogens with two attached hydrogens (primary N) is 1. The molecular formula is C22H21FN4O8. The fourth-order valence-electron chi connectivity index (χ4n) is 3.77. The van der Waals surface area contributed by atoms with Crippen molar-refractivity contribution in [1.82, 2.24) is 10.2 Å². The fourth-order valence-corrected chi connectivity index (χ4v) is 3.77. The first-order valence-corrected chi connectivity index (χ1v) is 10.0. The lowest BCUT2D eigenvalue weighted by Crippen LogP contribution is -2.76. The molecule has 12 nitrogen and oxygen atoms in total. The van der Waals surface area contributed by atoms with Gasteiger partial charge in [0, 0.05) is 32.1 Å². The third-order valence-corrected chi connectivity index (χ3v) is 5.17. The molecule has 4 amide bonds. The van der Waals surface area contributed by atoms with Crippen molar-refractivity contribution in [2.75, 3.05) is 11.9 Å². The highest BCUT2D eigenvalue weighted by Crippen LogP contribution is 2.43. The smallest absolute Gasteiger partial charge is 0.405 e. The van der Waals surface area contributed by atoms with E-state index in [0.29, 0.717) is 4.90 Å². The lowest BCUT2D eigenvalue weighted by atomic mass is 9.82. The number of anilines is 1. The summed E-state index contributed by atoms with van der Waals surface area (Å²) in [7, 11) is 1.09. The summed E-state index contributed by atoms with van der Waals surface area (Å²) < 4.78 is 23.8. The van der Waals surface area contributed by atoms with E-state index in [1.54, 1.807) is 0 Å². The number of amides is 4. The molecule has 35 heavy (non-hydrogen) atoms. The number of para-hydroxylation sites is 1. The van der Waals surface area contributed by atoms with Crippen molar-refractivity contribution >= 4 is 35.7 Å². The number of carbonyl (C=O) groups is 5. The van der Waals surface area contributed by atoms with E-state index in [9.17, 15) is 33.5 Å². The second-order valence-corrected chi connectivity index (χ2v) is 7.50. The predicted octanol–water partition coefficient (Wildman–Crippen LogP) is 1.52. The van der Waals surface area contributed by atoms with E-state index in [-0.39, 0.29) is 17.0 Å². The van der Waals surface area contributed by atoms with Crippen LogP contribution in [0.5, 0.6) is 11.5 Å². The van der Waals surface area contributed by atoms with Crippen LogP contribution in [0.1, 0.15) is 19.4 Å². The molecule has 13 heteroatoms. The number of benzene rings is 2. The van der Waals surface area contributed by atoms with Gasteiger partial charge in [0.15, 0.2) is 17.0 Å². The molecule has 1 aliphatic heterocycles. The molecule has 0 bridgehead atoms. The normalized spacial score (nSPS) is 19.9. The minimum atomic E-state index is -2.45. The lowest BCUT2D eigenvalue weighted by Gasteiger charge is -2.49. The Morgan fingerprint density at radius 1 is 1.06 bits per heavy atom. The Morgan fingerprint density at radius 3 is 2.20 bits per heavy atom. The molecule has 1 aliphatic rings. The van der Waals surface area contributed by atoms with Crippen LogP contribution in [0.15, 0.2) is 42.5 Å². The third-order valence-electron chi connectivity index (χ3n) is 5.17. The van der Waals surface area contributed by atoms with Crippen LogP contribution in [-0.4, -0.2) is 53.2 Å². The second kappa shape index (κ2) is 9.38. The molecule has 2 aromatic carbocycles. The Morgan fingerprint density at radius 2 is 1.66 bits per heavy atom. The number of carboxylic acid groups (broad SMARTS) is 1. The molecule has 1 fully saturated rings. The van der Waals surface area contributed by atoms with Gasteiger partial charge in [-0.05, 0) is 30.3 Å². The molecule has 2 unspecified atom stereocenters. The maximum Gasteiger partial charge on any atom is 0.405 e. The number of esters is 2. The van der Waals surface area contributed by atoms with E-state index < -0.39 is 53.2 Å². The molecule has 0 spiro atoms. The van der Waals surface area contributed by atoms with Gasteiger partial charge in [-0.3, -0.25) is 29.5 Å². The number of hydrogen-bond acceptors (Lipinski definition) is 8. The van der Waals surface area contributed by atoms with Crippen LogP contribution in [0.4, 0.5) is 19.7 Å². The first-order valence-electron chi connectivity index (χ1n) is 10.0. The monoisotopic (exact) mass is 488 g/mol. The number of ether oxygens (including phenoxy) is 2. The van der Waals surface area contributed by atoms with Crippen molar-refractivity contribution in [2.24, 2.45) is 5.73 Å². The zero-order chi connectivity index (χ0) is 26.1. The molecule has 0 aromatic heterocycles. The van der Waals surface area contributed by atoms with E-state index in [4.69, 9.17) is 15.2 Å². The highest BCUT2D eigenvalue weighted by Gasteiger charge is 2.59. The van der Waals surface area contributed by atoms with E-state index in [2.05, 4.69) is 5.32 Å². The molecular weight excluding hydrogens is 467 g/mol. The van der Waals surface area contributed by atoms with Crippen molar-refractivity contribution in [1.29, 1.82) is 0 Å². The number of likely N-dealkylation sites (N-methyl/N-ethyl adjacent to an activating group) is 1. The number of nitrogens with zero attached hydrogens (tertiary/aromatic N) is 2. The highest BCUT2D eigenvalue weighted by molar-refractivity contribution is 6.11. The molecule has 4 N–H and O–H groups in total. The van der Waals surface area contributed by atoms with Crippen molar-refractivity contribution < 1.29 is 42.9 Å². The van der Waals surface area contributed by atoms with Gasteiger partial charge >= 0.3 is 24.1 Å². The fraction of sp³-hybridized carbons (Fsp3) is 0.227. The van der Waals surface area contributed by atoms with Gasteiger partial charge < -0.3 is 20.3 Å².